The summed E-state index contributed by atoms with van der Waals surface area (Å²) >= 11 is 0. The minimum Gasteiger partial charge on any atom is -0.331 e. The first kappa shape index (κ1) is 11.2. The van der Waals surface area contributed by atoms with Crippen LogP contribution in [0.1, 0.15) is 52.5 Å². The highest BCUT2D eigenvalue weighted by Gasteiger charge is 2.13. The fourth-order valence-electron chi connectivity index (χ4n) is 1.67. The summed E-state index contributed by atoms with van der Waals surface area (Å²) in [6.07, 6.45) is 3.91. The summed E-state index contributed by atoms with van der Waals surface area (Å²) in [5.41, 5.74) is 0. The van der Waals surface area contributed by atoms with Crippen LogP contribution in [0, 0.1) is 0 Å². The summed E-state index contributed by atoms with van der Waals surface area (Å²) in [5.74, 6) is 1.12. The summed E-state index contributed by atoms with van der Waals surface area (Å²) in [4.78, 5) is 4.39. The van der Waals surface area contributed by atoms with Gasteiger partial charge in [0.2, 0.25) is 0 Å². The molecule has 1 atom stereocenters. The lowest BCUT2D eigenvalue weighted by atomic mass is 10.2. The number of hydrogen-bond acceptors (Lipinski definition) is 2. The fraction of sp³-hybridized carbons (Fsp3) is 0.727. The molecule has 1 unspecified atom stereocenters. The quantitative estimate of drug-likeness (QED) is 0.800. The average Bonchev–Trinajstić information content (AvgIpc) is 2.49. The van der Waals surface area contributed by atoms with E-state index in [1.165, 1.54) is 0 Å². The Morgan fingerprint density at radius 2 is 1.86 bits per heavy atom. The Balaban J connectivity index is 2.78. The van der Waals surface area contributed by atoms with E-state index in [0.717, 1.165) is 5.82 Å². The second-order valence-electron chi connectivity index (χ2n) is 4.33. The van der Waals surface area contributed by atoms with E-state index in [4.69, 9.17) is 0 Å². The highest BCUT2D eigenvalue weighted by molar-refractivity contribution is 4.99. The van der Waals surface area contributed by atoms with Gasteiger partial charge in [0.25, 0.3) is 0 Å². The Hall–Kier alpha value is -0.830. The van der Waals surface area contributed by atoms with Crippen molar-refractivity contribution >= 4 is 0 Å². The number of rotatable bonds is 4. The van der Waals surface area contributed by atoms with Crippen molar-refractivity contribution in [2.24, 2.45) is 0 Å². The molecule has 0 aliphatic rings. The second kappa shape index (κ2) is 4.60. The van der Waals surface area contributed by atoms with Crippen LogP contribution in [-0.2, 0) is 0 Å². The smallest absolute Gasteiger partial charge is 0.125 e. The molecule has 14 heavy (non-hydrogen) atoms. The van der Waals surface area contributed by atoms with Gasteiger partial charge < -0.3 is 9.88 Å². The molecule has 0 fully saturated rings. The molecule has 1 heterocycles. The van der Waals surface area contributed by atoms with Crippen molar-refractivity contribution in [1.82, 2.24) is 14.9 Å². The van der Waals surface area contributed by atoms with E-state index in [0.29, 0.717) is 18.1 Å². The molecule has 3 nitrogen and oxygen atoms in total. The largest absolute Gasteiger partial charge is 0.331 e. The molecule has 1 rings (SSSR count). The Morgan fingerprint density at radius 1 is 1.21 bits per heavy atom. The zero-order valence-corrected chi connectivity index (χ0v) is 9.78. The number of aromatic nitrogens is 2. The minimum absolute atomic E-state index is 0.312. The molecular formula is C11H21N3. The molecule has 1 aromatic heterocycles. The lowest BCUT2D eigenvalue weighted by Crippen LogP contribution is -2.28. The third-order valence-electron chi connectivity index (χ3n) is 2.23. The van der Waals surface area contributed by atoms with Crippen LogP contribution < -0.4 is 5.32 Å². The maximum atomic E-state index is 4.39. The first-order valence-corrected chi connectivity index (χ1v) is 5.31. The third-order valence-corrected chi connectivity index (χ3v) is 2.23. The van der Waals surface area contributed by atoms with E-state index in [1.54, 1.807) is 0 Å². The number of imidazole rings is 1. The zero-order chi connectivity index (χ0) is 10.7. The van der Waals surface area contributed by atoms with Gasteiger partial charge in [-0.1, -0.05) is 13.8 Å². The van der Waals surface area contributed by atoms with Crippen LogP contribution in [0.25, 0.3) is 0 Å². The molecule has 0 aromatic carbocycles. The van der Waals surface area contributed by atoms with Crippen LogP contribution in [-0.4, -0.2) is 15.6 Å². The van der Waals surface area contributed by atoms with Gasteiger partial charge >= 0.3 is 0 Å². The van der Waals surface area contributed by atoms with Gasteiger partial charge in [0.1, 0.15) is 5.82 Å². The van der Waals surface area contributed by atoms with E-state index in [2.05, 4.69) is 49.5 Å². The number of nitrogens with zero attached hydrogens (tertiary/aromatic N) is 2. The van der Waals surface area contributed by atoms with E-state index in [-0.39, 0.29) is 0 Å². The normalized spacial score (nSPS) is 13.9. The van der Waals surface area contributed by atoms with Gasteiger partial charge in [-0.15, -0.1) is 0 Å². The van der Waals surface area contributed by atoms with E-state index >= 15 is 0 Å². The zero-order valence-electron chi connectivity index (χ0n) is 9.78. The van der Waals surface area contributed by atoms with Crippen molar-refractivity contribution in [1.29, 1.82) is 0 Å². The van der Waals surface area contributed by atoms with Crippen LogP contribution in [0.4, 0.5) is 0 Å². The van der Waals surface area contributed by atoms with Gasteiger partial charge in [0.15, 0.2) is 0 Å². The molecule has 3 heteroatoms. The summed E-state index contributed by atoms with van der Waals surface area (Å²) in [6.45, 7) is 10.8. The standard InChI is InChI=1S/C11H21N3/c1-8(2)13-10(5)11-12-6-7-14(11)9(3)4/h6-10,13H,1-5H3. The van der Waals surface area contributed by atoms with Gasteiger partial charge in [0.05, 0.1) is 6.04 Å². The summed E-state index contributed by atoms with van der Waals surface area (Å²) in [5, 5.41) is 3.46. The second-order valence-corrected chi connectivity index (χ2v) is 4.33. The van der Waals surface area contributed by atoms with Crippen molar-refractivity contribution in [3.05, 3.63) is 18.2 Å². The molecule has 80 valence electrons. The molecule has 0 amide bonds. The number of nitrogens with one attached hydrogen (secondary N) is 1. The van der Waals surface area contributed by atoms with Gasteiger partial charge in [-0.25, -0.2) is 4.98 Å². The first-order valence-electron chi connectivity index (χ1n) is 5.31. The maximum Gasteiger partial charge on any atom is 0.125 e. The van der Waals surface area contributed by atoms with Gasteiger partial charge in [0, 0.05) is 24.5 Å². The summed E-state index contributed by atoms with van der Waals surface area (Å²) in [7, 11) is 0. The SMILES string of the molecule is CC(C)NC(C)c1nccn1C(C)C. The predicted molar refractivity (Wildman–Crippen MR) is 59.3 cm³/mol. The Morgan fingerprint density at radius 3 is 2.36 bits per heavy atom. The van der Waals surface area contributed by atoms with Crippen LogP contribution in [0.3, 0.4) is 0 Å². The van der Waals surface area contributed by atoms with E-state index in [9.17, 15) is 0 Å². The van der Waals surface area contributed by atoms with Crippen LogP contribution in [0.15, 0.2) is 12.4 Å². The Labute approximate surface area is 86.5 Å². The van der Waals surface area contributed by atoms with Crippen molar-refractivity contribution < 1.29 is 0 Å². The lowest BCUT2D eigenvalue weighted by molar-refractivity contribution is 0.451. The molecule has 1 aromatic rings. The van der Waals surface area contributed by atoms with E-state index < -0.39 is 0 Å². The van der Waals surface area contributed by atoms with Crippen molar-refractivity contribution in [2.75, 3.05) is 0 Å². The molecule has 0 bridgehead atoms. The molecule has 0 radical (unpaired) electrons. The highest BCUT2D eigenvalue weighted by atomic mass is 15.1. The molecule has 1 N–H and O–H groups in total. The monoisotopic (exact) mass is 195 g/mol. The molecule has 0 saturated carbocycles. The van der Waals surface area contributed by atoms with E-state index in [1.807, 2.05) is 12.4 Å². The van der Waals surface area contributed by atoms with Crippen LogP contribution in [0.5, 0.6) is 0 Å². The van der Waals surface area contributed by atoms with Gasteiger partial charge in [-0.3, -0.25) is 0 Å². The maximum absolute atomic E-state index is 4.39. The minimum atomic E-state index is 0.312. The third kappa shape index (κ3) is 2.58. The molecule has 0 aliphatic carbocycles. The molecule has 0 aliphatic heterocycles. The summed E-state index contributed by atoms with van der Waals surface area (Å²) < 4.78 is 2.21. The summed E-state index contributed by atoms with van der Waals surface area (Å²) in [6, 6.07) is 1.28. The molecule has 0 spiro atoms. The fourth-order valence-corrected chi connectivity index (χ4v) is 1.67. The molecular weight excluding hydrogens is 174 g/mol. The van der Waals surface area contributed by atoms with Crippen molar-refractivity contribution in [2.45, 2.75) is 52.7 Å². The average molecular weight is 195 g/mol. The topological polar surface area (TPSA) is 29.9 Å². The van der Waals surface area contributed by atoms with Crippen LogP contribution in [0.2, 0.25) is 0 Å². The Kier molecular flexibility index (Phi) is 3.69. The highest BCUT2D eigenvalue weighted by Crippen LogP contribution is 2.15. The van der Waals surface area contributed by atoms with Crippen LogP contribution >= 0.6 is 0 Å². The molecule has 0 saturated heterocycles. The van der Waals surface area contributed by atoms with Gasteiger partial charge in [-0.05, 0) is 20.8 Å². The van der Waals surface area contributed by atoms with Crippen molar-refractivity contribution in [3.63, 3.8) is 0 Å². The van der Waals surface area contributed by atoms with Gasteiger partial charge in [-0.2, -0.15) is 0 Å². The first-order chi connectivity index (χ1) is 6.52. The lowest BCUT2D eigenvalue weighted by Gasteiger charge is -2.19. The number of hydrogen-bond donors (Lipinski definition) is 1. The van der Waals surface area contributed by atoms with Crippen molar-refractivity contribution in [3.8, 4) is 0 Å². The Bertz CT molecular complexity index is 276. The predicted octanol–water partition coefficient (Wildman–Crippen LogP) is 2.52.